The number of hydrogen-bond donors (Lipinski definition) is 0. The van der Waals surface area contributed by atoms with Crippen molar-refractivity contribution < 1.29 is 19.5 Å². The summed E-state index contributed by atoms with van der Waals surface area (Å²) in [6.07, 6.45) is 0. The second-order valence-corrected chi connectivity index (χ2v) is 8.86. The van der Waals surface area contributed by atoms with Crippen LogP contribution in [-0.4, -0.2) is 33.0 Å². The number of carbonyl (C=O) groups is 3. The van der Waals surface area contributed by atoms with Crippen LogP contribution in [0.25, 0.3) is 5.57 Å². The van der Waals surface area contributed by atoms with Gasteiger partial charge in [-0.1, -0.05) is 65.9 Å². The fourth-order valence-electron chi connectivity index (χ4n) is 3.40. The van der Waals surface area contributed by atoms with Gasteiger partial charge in [0, 0.05) is 10.6 Å². The van der Waals surface area contributed by atoms with Gasteiger partial charge in [-0.15, -0.1) is 0 Å². The van der Waals surface area contributed by atoms with E-state index in [1.54, 1.807) is 35.2 Å². The monoisotopic (exact) mass is 457 g/mol. The molecule has 1 atom stereocenters. The third-order valence-corrected chi connectivity index (χ3v) is 6.58. The van der Waals surface area contributed by atoms with Crippen molar-refractivity contribution >= 4 is 68.9 Å². The Labute approximate surface area is 187 Å². The molecule has 6 nitrogen and oxygen atoms in total. The summed E-state index contributed by atoms with van der Waals surface area (Å²) < 4.78 is 0.0839. The van der Waals surface area contributed by atoms with Crippen LogP contribution in [-0.2, 0) is 20.9 Å². The van der Waals surface area contributed by atoms with Gasteiger partial charge in [-0.3, -0.25) is 14.5 Å². The van der Waals surface area contributed by atoms with Crippen molar-refractivity contribution in [3.05, 3.63) is 69.6 Å². The summed E-state index contributed by atoms with van der Waals surface area (Å²) in [5.41, 5.74) is 2.38. The summed E-state index contributed by atoms with van der Waals surface area (Å²) in [5.74, 6) is -2.36. The molecule has 2 heterocycles. The van der Waals surface area contributed by atoms with Gasteiger partial charge in [0.05, 0.1) is 34.7 Å². The number of amides is 2. The number of hydrogen-bond acceptors (Lipinski definition) is 6. The summed E-state index contributed by atoms with van der Waals surface area (Å²) in [4.78, 5) is 40.3. The van der Waals surface area contributed by atoms with Gasteiger partial charge < -0.3 is 14.8 Å². The maximum absolute atomic E-state index is 13.4. The zero-order valence-corrected chi connectivity index (χ0v) is 18.0. The van der Waals surface area contributed by atoms with Crippen molar-refractivity contribution in [2.45, 2.75) is 19.5 Å². The van der Waals surface area contributed by atoms with E-state index in [9.17, 15) is 19.5 Å². The molecule has 1 fully saturated rings. The Morgan fingerprint density at radius 3 is 2.47 bits per heavy atom. The van der Waals surface area contributed by atoms with Gasteiger partial charge in [-0.25, -0.2) is 0 Å². The van der Waals surface area contributed by atoms with Crippen molar-refractivity contribution in [1.82, 2.24) is 4.90 Å². The fraction of sp³-hybridized carbons (Fsp3) is 0.143. The Hall–Kier alpha value is -2.68. The molecule has 1 saturated heterocycles. The third-order valence-electron chi connectivity index (χ3n) is 4.93. The Balaban J connectivity index is 1.77. The fourth-order valence-corrected chi connectivity index (χ4v) is 5.01. The minimum absolute atomic E-state index is 0.0839. The maximum Gasteiger partial charge on any atom is 0.267 e. The summed E-state index contributed by atoms with van der Waals surface area (Å²) in [6.45, 7) is 1.62. The zero-order chi connectivity index (χ0) is 21.6. The predicted molar refractivity (Wildman–Crippen MR) is 118 cm³/mol. The van der Waals surface area contributed by atoms with E-state index in [0.29, 0.717) is 22.8 Å². The summed E-state index contributed by atoms with van der Waals surface area (Å²) in [5, 5.41) is 11.9. The Bertz CT molecular complexity index is 1130. The van der Waals surface area contributed by atoms with Crippen LogP contribution in [0.1, 0.15) is 18.1 Å². The van der Waals surface area contributed by atoms with Crippen LogP contribution in [0.3, 0.4) is 0 Å². The number of anilines is 1. The average Bonchev–Trinajstić information content (AvgIpc) is 3.16. The molecule has 30 heavy (non-hydrogen) atoms. The van der Waals surface area contributed by atoms with E-state index in [1.165, 1.54) is 6.92 Å². The summed E-state index contributed by atoms with van der Waals surface area (Å²) in [6, 6.07) is 13.1. The number of nitrogens with zero attached hydrogens (tertiary/aromatic N) is 2. The van der Waals surface area contributed by atoms with Crippen molar-refractivity contribution in [2.24, 2.45) is 0 Å². The number of thiocarbonyl (C=S) groups is 1. The number of benzene rings is 2. The van der Waals surface area contributed by atoms with Crippen molar-refractivity contribution in [3.63, 3.8) is 0 Å². The van der Waals surface area contributed by atoms with E-state index in [1.807, 2.05) is 18.2 Å². The first-order valence-electron chi connectivity index (χ1n) is 8.96. The predicted octanol–water partition coefficient (Wildman–Crippen LogP) is 2.60. The molecule has 0 aliphatic carbocycles. The van der Waals surface area contributed by atoms with Crippen LogP contribution < -0.4 is 10.0 Å². The molecule has 2 aromatic rings. The van der Waals surface area contributed by atoms with Crippen LogP contribution in [0.4, 0.5) is 5.69 Å². The van der Waals surface area contributed by atoms with E-state index in [-0.39, 0.29) is 20.7 Å². The average molecular weight is 458 g/mol. The first kappa shape index (κ1) is 20.6. The van der Waals surface area contributed by atoms with E-state index in [2.05, 4.69) is 0 Å². The number of carboxylic acid groups (broad SMARTS) is 1. The number of aliphatic carboxylic acids is 1. The molecular formula is C21H14ClN2O4S2-. The topological polar surface area (TPSA) is 80.7 Å². The Morgan fingerprint density at radius 2 is 1.80 bits per heavy atom. The number of rotatable bonds is 4. The Kier molecular flexibility index (Phi) is 5.40. The number of carboxylic acids is 1. The molecule has 2 amide bonds. The van der Waals surface area contributed by atoms with Crippen LogP contribution in [0.5, 0.6) is 0 Å². The van der Waals surface area contributed by atoms with Crippen LogP contribution in [0, 0.1) is 0 Å². The second-order valence-electron chi connectivity index (χ2n) is 6.78. The highest BCUT2D eigenvalue weighted by molar-refractivity contribution is 8.26. The van der Waals surface area contributed by atoms with Crippen LogP contribution in [0.2, 0.25) is 5.02 Å². The number of halogens is 1. The standard InChI is InChI=1S/C21H15ClN2O4S2/c1-11(20(27)28)24-19(26)17(30-21(24)29)16-14-4-2-3-5-15(14)23(18(16)25)10-12-6-8-13(22)9-7-12/h2-9,11H,10H2,1H3,(H,27,28)/p-1/b17-16-/t11-/m0/s1. The first-order chi connectivity index (χ1) is 14.3. The maximum atomic E-state index is 13.4. The molecule has 0 unspecified atom stereocenters. The lowest BCUT2D eigenvalue weighted by Crippen LogP contribution is -2.48. The number of para-hydroxylation sites is 1. The molecule has 0 N–H and O–H groups in total. The largest absolute Gasteiger partial charge is 0.548 e. The smallest absolute Gasteiger partial charge is 0.267 e. The highest BCUT2D eigenvalue weighted by Gasteiger charge is 2.43. The summed E-state index contributed by atoms with van der Waals surface area (Å²) in [7, 11) is 0. The number of carbonyl (C=O) groups excluding carboxylic acids is 3. The molecule has 4 rings (SSSR count). The molecule has 152 valence electrons. The lowest BCUT2D eigenvalue weighted by molar-refractivity contribution is -0.309. The molecule has 0 saturated carbocycles. The molecule has 9 heteroatoms. The molecule has 2 aromatic carbocycles. The molecule has 0 radical (unpaired) electrons. The van der Waals surface area contributed by atoms with E-state index in [4.69, 9.17) is 23.8 Å². The second kappa shape index (κ2) is 7.86. The Morgan fingerprint density at radius 1 is 1.13 bits per heavy atom. The van der Waals surface area contributed by atoms with Gasteiger partial charge >= 0.3 is 0 Å². The molecular weight excluding hydrogens is 444 g/mol. The van der Waals surface area contributed by atoms with E-state index < -0.39 is 17.9 Å². The van der Waals surface area contributed by atoms with Crippen molar-refractivity contribution in [3.8, 4) is 0 Å². The third kappa shape index (κ3) is 3.40. The van der Waals surface area contributed by atoms with Gasteiger partial charge in [0.2, 0.25) is 0 Å². The van der Waals surface area contributed by atoms with Gasteiger partial charge in [0.25, 0.3) is 11.8 Å². The number of fused-ring (bicyclic) bond motifs is 1. The SMILES string of the molecule is C[C@@H](C(=O)[O-])N1C(=O)/C(=C2/C(=O)N(Cc3ccc(Cl)cc3)c3ccccc32)SC1=S. The molecule has 0 spiro atoms. The highest BCUT2D eigenvalue weighted by atomic mass is 35.5. The van der Waals surface area contributed by atoms with Crippen molar-refractivity contribution in [1.29, 1.82) is 0 Å². The lowest BCUT2D eigenvalue weighted by atomic mass is 10.1. The van der Waals surface area contributed by atoms with E-state index >= 15 is 0 Å². The number of thioether (sulfide) groups is 1. The highest BCUT2D eigenvalue weighted by Crippen LogP contribution is 2.45. The van der Waals surface area contributed by atoms with Gasteiger partial charge in [0.15, 0.2) is 0 Å². The molecule has 2 aliphatic heterocycles. The zero-order valence-electron chi connectivity index (χ0n) is 15.6. The molecule has 0 bridgehead atoms. The summed E-state index contributed by atoms with van der Waals surface area (Å²) >= 11 is 12.1. The molecule has 2 aliphatic rings. The quantitative estimate of drug-likeness (QED) is 0.518. The minimum Gasteiger partial charge on any atom is -0.548 e. The minimum atomic E-state index is -1.42. The van der Waals surface area contributed by atoms with Crippen LogP contribution >= 0.6 is 35.6 Å². The van der Waals surface area contributed by atoms with Gasteiger partial charge in [-0.2, -0.15) is 0 Å². The first-order valence-corrected chi connectivity index (χ1v) is 10.6. The lowest BCUT2D eigenvalue weighted by Gasteiger charge is -2.23. The normalized spacial score (nSPS) is 19.5. The van der Waals surface area contributed by atoms with Gasteiger partial charge in [-0.05, 0) is 30.7 Å². The van der Waals surface area contributed by atoms with Crippen molar-refractivity contribution in [2.75, 3.05) is 4.90 Å². The van der Waals surface area contributed by atoms with Gasteiger partial charge in [0.1, 0.15) is 4.32 Å². The molecule has 0 aromatic heterocycles. The van der Waals surface area contributed by atoms with Crippen LogP contribution in [0.15, 0.2) is 53.4 Å². The van der Waals surface area contributed by atoms with E-state index in [0.717, 1.165) is 22.2 Å².